The van der Waals surface area contributed by atoms with E-state index in [0.29, 0.717) is 17.8 Å². The number of nitrogens with zero attached hydrogens (tertiary/aromatic N) is 2. The van der Waals surface area contributed by atoms with E-state index < -0.39 is 10.0 Å². The first-order valence-electron chi connectivity index (χ1n) is 9.98. The van der Waals surface area contributed by atoms with E-state index in [1.54, 1.807) is 48.7 Å². The maximum Gasteiger partial charge on any atom is 0.261 e. The molecule has 0 atom stereocenters. The number of hydrogen-bond donors (Lipinski definition) is 2. The van der Waals surface area contributed by atoms with Crippen LogP contribution in [0.2, 0.25) is 0 Å². The first kappa shape index (κ1) is 21.3. The van der Waals surface area contributed by atoms with Crippen molar-refractivity contribution in [3.8, 4) is 5.69 Å². The summed E-state index contributed by atoms with van der Waals surface area (Å²) in [6, 6.07) is 22.3. The van der Waals surface area contributed by atoms with E-state index in [1.807, 2.05) is 42.0 Å². The van der Waals surface area contributed by atoms with Crippen LogP contribution in [-0.4, -0.2) is 23.9 Å². The number of aryl methyl sites for hydroxylation is 1. The first-order valence-corrected chi connectivity index (χ1v) is 11.5. The fourth-order valence-corrected chi connectivity index (χ4v) is 4.29. The van der Waals surface area contributed by atoms with Crippen LogP contribution in [0.3, 0.4) is 0 Å². The van der Waals surface area contributed by atoms with Gasteiger partial charge in [-0.3, -0.25) is 9.52 Å². The first-order chi connectivity index (χ1) is 15.4. The van der Waals surface area contributed by atoms with Crippen LogP contribution in [0, 0.1) is 6.92 Å². The van der Waals surface area contributed by atoms with Gasteiger partial charge in [0.2, 0.25) is 0 Å². The summed E-state index contributed by atoms with van der Waals surface area (Å²) >= 11 is 0. The Kier molecular flexibility index (Phi) is 6.04. The molecule has 8 heteroatoms. The minimum absolute atomic E-state index is 0.177. The Hall–Kier alpha value is -3.91. The highest BCUT2D eigenvalue weighted by atomic mass is 32.2. The number of aromatic nitrogens is 2. The van der Waals surface area contributed by atoms with Gasteiger partial charge in [-0.15, -0.1) is 0 Å². The second-order valence-electron chi connectivity index (χ2n) is 7.19. The average Bonchev–Trinajstić information content (AvgIpc) is 3.24. The van der Waals surface area contributed by atoms with Gasteiger partial charge in [-0.2, -0.15) is 0 Å². The molecular weight excluding hydrogens is 424 g/mol. The van der Waals surface area contributed by atoms with Gasteiger partial charge in [-0.1, -0.05) is 30.3 Å². The molecule has 4 aromatic rings. The van der Waals surface area contributed by atoms with Crippen LogP contribution in [0.5, 0.6) is 0 Å². The number of amides is 1. The third-order valence-electron chi connectivity index (χ3n) is 4.95. The topological polar surface area (TPSA) is 93.1 Å². The summed E-state index contributed by atoms with van der Waals surface area (Å²) in [5.74, 6) is 0.664. The third kappa shape index (κ3) is 4.87. The van der Waals surface area contributed by atoms with E-state index in [1.165, 1.54) is 12.1 Å². The zero-order valence-electron chi connectivity index (χ0n) is 17.4. The van der Waals surface area contributed by atoms with E-state index in [0.717, 1.165) is 17.1 Å². The van der Waals surface area contributed by atoms with Crippen molar-refractivity contribution in [2.75, 3.05) is 4.72 Å². The molecule has 4 rings (SSSR count). The van der Waals surface area contributed by atoms with E-state index in [-0.39, 0.29) is 10.8 Å². The predicted molar refractivity (Wildman–Crippen MR) is 123 cm³/mol. The zero-order chi connectivity index (χ0) is 22.6. The summed E-state index contributed by atoms with van der Waals surface area (Å²) in [5, 5.41) is 2.88. The molecule has 0 spiro atoms. The molecule has 1 aromatic heterocycles. The Morgan fingerprint density at radius 3 is 2.25 bits per heavy atom. The minimum atomic E-state index is -3.67. The maximum absolute atomic E-state index is 12.5. The molecule has 0 radical (unpaired) electrons. The molecule has 0 bridgehead atoms. The van der Waals surface area contributed by atoms with Crippen molar-refractivity contribution < 1.29 is 13.2 Å². The molecule has 1 amide bonds. The van der Waals surface area contributed by atoms with Crippen LogP contribution in [-0.2, 0) is 16.6 Å². The molecule has 0 saturated heterocycles. The predicted octanol–water partition coefficient (Wildman–Crippen LogP) is 3.91. The summed E-state index contributed by atoms with van der Waals surface area (Å²) in [6.45, 7) is 2.32. The van der Waals surface area contributed by atoms with Crippen LogP contribution >= 0.6 is 0 Å². The highest BCUT2D eigenvalue weighted by Crippen LogP contribution is 2.17. The number of carbonyl (C=O) groups excluding carboxylic acids is 1. The number of benzene rings is 3. The van der Waals surface area contributed by atoms with Gasteiger partial charge in [0.05, 0.1) is 4.90 Å². The van der Waals surface area contributed by atoms with Crippen molar-refractivity contribution in [3.05, 3.63) is 108 Å². The molecule has 0 aliphatic rings. The van der Waals surface area contributed by atoms with Gasteiger partial charge < -0.3 is 9.88 Å². The Balaban J connectivity index is 1.35. The van der Waals surface area contributed by atoms with Crippen molar-refractivity contribution in [2.45, 2.75) is 18.4 Å². The van der Waals surface area contributed by atoms with Gasteiger partial charge in [-0.25, -0.2) is 13.4 Å². The second-order valence-corrected chi connectivity index (χ2v) is 8.87. The van der Waals surface area contributed by atoms with Gasteiger partial charge in [0.1, 0.15) is 5.82 Å². The van der Waals surface area contributed by atoms with Crippen LogP contribution in [0.25, 0.3) is 5.69 Å². The number of sulfonamides is 1. The van der Waals surface area contributed by atoms with E-state index in [9.17, 15) is 13.2 Å². The summed E-state index contributed by atoms with van der Waals surface area (Å²) in [7, 11) is -3.67. The lowest BCUT2D eigenvalue weighted by atomic mass is 10.1. The molecule has 7 nitrogen and oxygen atoms in total. The maximum atomic E-state index is 12.5. The molecule has 2 N–H and O–H groups in total. The zero-order valence-corrected chi connectivity index (χ0v) is 18.2. The van der Waals surface area contributed by atoms with Crippen molar-refractivity contribution in [1.82, 2.24) is 14.9 Å². The number of imidazole rings is 1. The molecule has 0 fully saturated rings. The third-order valence-corrected chi connectivity index (χ3v) is 6.34. The standard InChI is InChI=1S/C24H22N4O3S/c1-18-25-15-16-28(18)22-13-7-19(8-14-22)17-26-24(29)20-9-11-21(12-10-20)27-32(30,31)23-5-3-2-4-6-23/h2-16,27H,17H2,1H3,(H,26,29). The van der Waals surface area contributed by atoms with Gasteiger partial charge in [-0.05, 0) is 61.0 Å². The summed E-state index contributed by atoms with van der Waals surface area (Å²) < 4.78 is 29.3. The largest absolute Gasteiger partial charge is 0.348 e. The lowest BCUT2D eigenvalue weighted by Crippen LogP contribution is -2.22. The average molecular weight is 447 g/mol. The normalized spacial score (nSPS) is 11.2. The molecule has 1 heterocycles. The SMILES string of the molecule is Cc1nccn1-c1ccc(CNC(=O)c2ccc(NS(=O)(=O)c3ccccc3)cc2)cc1. The molecule has 3 aromatic carbocycles. The Labute approximate surface area is 186 Å². The Bertz CT molecular complexity index is 1310. The molecular formula is C24H22N4O3S. The van der Waals surface area contributed by atoms with Gasteiger partial charge in [0, 0.05) is 35.9 Å². The highest BCUT2D eigenvalue weighted by molar-refractivity contribution is 7.92. The van der Waals surface area contributed by atoms with Crippen molar-refractivity contribution in [2.24, 2.45) is 0 Å². The van der Waals surface area contributed by atoms with Gasteiger partial charge >= 0.3 is 0 Å². The van der Waals surface area contributed by atoms with Gasteiger partial charge in [0.15, 0.2) is 0 Å². The highest BCUT2D eigenvalue weighted by Gasteiger charge is 2.14. The Morgan fingerprint density at radius 2 is 1.62 bits per heavy atom. The summed E-state index contributed by atoms with van der Waals surface area (Å²) in [5.41, 5.74) is 2.80. The molecule has 0 aliphatic heterocycles. The number of rotatable bonds is 7. The monoisotopic (exact) mass is 446 g/mol. The number of nitrogens with one attached hydrogen (secondary N) is 2. The summed E-state index contributed by atoms with van der Waals surface area (Å²) in [4.78, 5) is 16.9. The summed E-state index contributed by atoms with van der Waals surface area (Å²) in [6.07, 6.45) is 3.65. The van der Waals surface area contributed by atoms with Crippen molar-refractivity contribution in [1.29, 1.82) is 0 Å². The molecule has 0 unspecified atom stereocenters. The van der Waals surface area contributed by atoms with Crippen LogP contribution in [0.1, 0.15) is 21.7 Å². The van der Waals surface area contributed by atoms with Gasteiger partial charge in [0.25, 0.3) is 15.9 Å². The fraction of sp³-hybridized carbons (Fsp3) is 0.0833. The van der Waals surface area contributed by atoms with E-state index >= 15 is 0 Å². The number of hydrogen-bond acceptors (Lipinski definition) is 4. The number of carbonyl (C=O) groups is 1. The lowest BCUT2D eigenvalue weighted by Gasteiger charge is -2.10. The minimum Gasteiger partial charge on any atom is -0.348 e. The molecule has 0 saturated carbocycles. The van der Waals surface area contributed by atoms with Crippen LogP contribution < -0.4 is 10.0 Å². The molecule has 162 valence electrons. The van der Waals surface area contributed by atoms with Crippen LogP contribution in [0.15, 0.2) is 96.2 Å². The fourth-order valence-electron chi connectivity index (χ4n) is 3.21. The van der Waals surface area contributed by atoms with Crippen molar-refractivity contribution >= 4 is 21.6 Å². The Morgan fingerprint density at radius 1 is 0.938 bits per heavy atom. The molecule has 0 aliphatic carbocycles. The van der Waals surface area contributed by atoms with Crippen molar-refractivity contribution in [3.63, 3.8) is 0 Å². The van der Waals surface area contributed by atoms with Crippen LogP contribution in [0.4, 0.5) is 5.69 Å². The van der Waals surface area contributed by atoms with E-state index in [4.69, 9.17) is 0 Å². The quantitative estimate of drug-likeness (QED) is 0.450. The lowest BCUT2D eigenvalue weighted by molar-refractivity contribution is 0.0951. The second kappa shape index (κ2) is 9.07. The molecule has 32 heavy (non-hydrogen) atoms. The smallest absolute Gasteiger partial charge is 0.261 e. The number of anilines is 1. The van der Waals surface area contributed by atoms with E-state index in [2.05, 4.69) is 15.0 Å².